The van der Waals surface area contributed by atoms with Crippen molar-refractivity contribution in [2.75, 3.05) is 37.4 Å². The summed E-state index contributed by atoms with van der Waals surface area (Å²) in [5.41, 5.74) is 6.00. The highest BCUT2D eigenvalue weighted by atomic mass is 19.2. The molecule has 1 fully saturated rings. The number of nitrogen functional groups attached to an aromatic ring is 1. The fourth-order valence-corrected chi connectivity index (χ4v) is 1.79. The smallest absolute Gasteiger partial charge is 0.184 e. The summed E-state index contributed by atoms with van der Waals surface area (Å²) >= 11 is 0. The largest absolute Gasteiger partial charge is 0.397 e. The quantitative estimate of drug-likeness (QED) is 0.627. The highest BCUT2D eigenvalue weighted by Crippen LogP contribution is 2.29. The average molecular weight is 256 g/mol. The van der Waals surface area contributed by atoms with E-state index in [-0.39, 0.29) is 11.4 Å². The van der Waals surface area contributed by atoms with Crippen LogP contribution in [0.15, 0.2) is 12.1 Å². The van der Waals surface area contributed by atoms with Gasteiger partial charge in [-0.05, 0) is 30.9 Å². The van der Waals surface area contributed by atoms with Crippen LogP contribution in [0.1, 0.15) is 12.8 Å². The molecule has 0 aromatic heterocycles. The SMILES string of the molecule is CN(CCOCC1CC1)c1c(N)ccc(F)c1F. The monoisotopic (exact) mass is 256 g/mol. The number of halogens is 2. The summed E-state index contributed by atoms with van der Waals surface area (Å²) < 4.78 is 32.2. The molecule has 0 spiro atoms. The molecule has 18 heavy (non-hydrogen) atoms. The average Bonchev–Trinajstić information content (AvgIpc) is 3.14. The van der Waals surface area contributed by atoms with E-state index >= 15 is 0 Å². The molecule has 0 bridgehead atoms. The third-order valence-corrected chi connectivity index (χ3v) is 3.10. The van der Waals surface area contributed by atoms with Crippen LogP contribution >= 0.6 is 0 Å². The zero-order chi connectivity index (χ0) is 13.1. The lowest BCUT2D eigenvalue weighted by molar-refractivity contribution is 0.131. The van der Waals surface area contributed by atoms with Crippen molar-refractivity contribution in [3.8, 4) is 0 Å². The first-order chi connectivity index (χ1) is 8.59. The Morgan fingerprint density at radius 3 is 2.78 bits per heavy atom. The van der Waals surface area contributed by atoms with Gasteiger partial charge in [-0.25, -0.2) is 8.78 Å². The number of benzene rings is 1. The van der Waals surface area contributed by atoms with E-state index in [1.807, 2.05) is 0 Å². The second-order valence-corrected chi connectivity index (χ2v) is 4.74. The lowest BCUT2D eigenvalue weighted by Crippen LogP contribution is -2.25. The molecule has 0 saturated heterocycles. The second-order valence-electron chi connectivity index (χ2n) is 4.74. The molecule has 2 N–H and O–H groups in total. The molecule has 2 rings (SSSR count). The van der Waals surface area contributed by atoms with Gasteiger partial charge in [0.05, 0.1) is 18.0 Å². The van der Waals surface area contributed by atoms with Gasteiger partial charge in [-0.2, -0.15) is 0 Å². The Hall–Kier alpha value is -1.36. The van der Waals surface area contributed by atoms with Gasteiger partial charge >= 0.3 is 0 Å². The van der Waals surface area contributed by atoms with Crippen LogP contribution in [0, 0.1) is 17.6 Å². The molecule has 0 amide bonds. The predicted molar refractivity (Wildman–Crippen MR) is 67.6 cm³/mol. The molecule has 0 unspecified atom stereocenters. The van der Waals surface area contributed by atoms with E-state index in [1.165, 1.54) is 18.9 Å². The molecule has 1 aromatic rings. The standard InChI is InChI=1S/C13H18F2N2O/c1-17(6-7-18-8-9-2-3-9)13-11(16)5-4-10(14)12(13)15/h4-5,9H,2-3,6-8,16H2,1H3. The van der Waals surface area contributed by atoms with E-state index < -0.39 is 11.6 Å². The molecular weight excluding hydrogens is 238 g/mol. The topological polar surface area (TPSA) is 38.5 Å². The Morgan fingerprint density at radius 1 is 1.39 bits per heavy atom. The first kappa shape index (κ1) is 13.1. The van der Waals surface area contributed by atoms with E-state index in [4.69, 9.17) is 10.5 Å². The minimum atomic E-state index is -0.903. The van der Waals surface area contributed by atoms with Crippen molar-refractivity contribution in [1.82, 2.24) is 0 Å². The molecular formula is C13H18F2N2O. The summed E-state index contributed by atoms with van der Waals surface area (Å²) in [5, 5.41) is 0. The van der Waals surface area contributed by atoms with Gasteiger partial charge in [-0.1, -0.05) is 0 Å². The van der Waals surface area contributed by atoms with Gasteiger partial charge < -0.3 is 15.4 Å². The van der Waals surface area contributed by atoms with E-state index in [0.717, 1.165) is 12.7 Å². The van der Waals surface area contributed by atoms with Crippen LogP contribution in [0.5, 0.6) is 0 Å². The first-order valence-corrected chi connectivity index (χ1v) is 6.12. The van der Waals surface area contributed by atoms with E-state index in [2.05, 4.69) is 0 Å². The van der Waals surface area contributed by atoms with E-state index in [9.17, 15) is 8.78 Å². The van der Waals surface area contributed by atoms with Crippen LogP contribution in [0.3, 0.4) is 0 Å². The van der Waals surface area contributed by atoms with Crippen LogP contribution in [0.2, 0.25) is 0 Å². The zero-order valence-corrected chi connectivity index (χ0v) is 10.5. The zero-order valence-electron chi connectivity index (χ0n) is 10.5. The minimum absolute atomic E-state index is 0.102. The van der Waals surface area contributed by atoms with Gasteiger partial charge in [0.1, 0.15) is 0 Å². The van der Waals surface area contributed by atoms with Crippen molar-refractivity contribution in [3.63, 3.8) is 0 Å². The summed E-state index contributed by atoms with van der Waals surface area (Å²) in [6.45, 7) is 1.73. The summed E-state index contributed by atoms with van der Waals surface area (Å²) in [6, 6.07) is 2.40. The van der Waals surface area contributed by atoms with Crippen molar-refractivity contribution >= 4 is 11.4 Å². The van der Waals surface area contributed by atoms with Crippen molar-refractivity contribution in [3.05, 3.63) is 23.8 Å². The molecule has 3 nitrogen and oxygen atoms in total. The molecule has 1 saturated carbocycles. The fourth-order valence-electron chi connectivity index (χ4n) is 1.79. The van der Waals surface area contributed by atoms with Crippen molar-refractivity contribution in [2.24, 2.45) is 5.92 Å². The Bertz CT molecular complexity index is 422. The van der Waals surface area contributed by atoms with Crippen molar-refractivity contribution in [1.29, 1.82) is 0 Å². The lowest BCUT2D eigenvalue weighted by Gasteiger charge is -2.21. The van der Waals surface area contributed by atoms with Gasteiger partial charge in [0.25, 0.3) is 0 Å². The Morgan fingerprint density at radius 2 is 2.11 bits per heavy atom. The number of nitrogens with two attached hydrogens (primary N) is 1. The van der Waals surface area contributed by atoms with Crippen LogP contribution in [-0.2, 0) is 4.74 Å². The molecule has 1 aromatic carbocycles. The number of ether oxygens (including phenoxy) is 1. The number of anilines is 2. The van der Waals surface area contributed by atoms with Crippen LogP contribution in [0.25, 0.3) is 0 Å². The number of rotatable bonds is 6. The van der Waals surface area contributed by atoms with Gasteiger partial charge in [0.15, 0.2) is 11.6 Å². The maximum atomic E-state index is 13.6. The Balaban J connectivity index is 1.90. The predicted octanol–water partition coefficient (Wildman–Crippen LogP) is 2.41. The third kappa shape index (κ3) is 3.10. The van der Waals surface area contributed by atoms with Gasteiger partial charge in [0, 0.05) is 20.2 Å². The summed E-state index contributed by atoms with van der Waals surface area (Å²) in [6.07, 6.45) is 2.47. The Labute approximate surface area is 106 Å². The summed E-state index contributed by atoms with van der Waals surface area (Å²) in [5.74, 6) is -1.09. The van der Waals surface area contributed by atoms with Crippen LogP contribution in [0.4, 0.5) is 20.2 Å². The number of hydrogen-bond acceptors (Lipinski definition) is 3. The highest BCUT2D eigenvalue weighted by Gasteiger charge is 2.21. The summed E-state index contributed by atoms with van der Waals surface area (Å²) in [7, 11) is 1.68. The van der Waals surface area contributed by atoms with E-state index in [1.54, 1.807) is 11.9 Å². The molecule has 0 radical (unpaired) electrons. The van der Waals surface area contributed by atoms with Crippen molar-refractivity contribution < 1.29 is 13.5 Å². The lowest BCUT2D eigenvalue weighted by atomic mass is 10.2. The van der Waals surface area contributed by atoms with E-state index in [0.29, 0.717) is 19.1 Å². The molecule has 1 aliphatic rings. The molecule has 0 aliphatic heterocycles. The maximum absolute atomic E-state index is 13.6. The number of hydrogen-bond donors (Lipinski definition) is 1. The number of nitrogens with zero attached hydrogens (tertiary/aromatic N) is 1. The molecule has 5 heteroatoms. The molecule has 100 valence electrons. The van der Waals surface area contributed by atoms with Gasteiger partial charge in [-0.3, -0.25) is 0 Å². The molecule has 1 aliphatic carbocycles. The van der Waals surface area contributed by atoms with Crippen molar-refractivity contribution in [2.45, 2.75) is 12.8 Å². The highest BCUT2D eigenvalue weighted by molar-refractivity contribution is 5.68. The fraction of sp³-hybridized carbons (Fsp3) is 0.538. The molecule has 0 heterocycles. The summed E-state index contributed by atoms with van der Waals surface area (Å²) in [4.78, 5) is 1.58. The minimum Gasteiger partial charge on any atom is -0.397 e. The second kappa shape index (κ2) is 5.52. The van der Waals surface area contributed by atoms with Crippen LogP contribution in [-0.4, -0.2) is 26.8 Å². The number of likely N-dealkylation sites (N-methyl/N-ethyl adjacent to an activating group) is 1. The maximum Gasteiger partial charge on any atom is 0.184 e. The van der Waals surface area contributed by atoms with Gasteiger partial charge in [0.2, 0.25) is 0 Å². The third-order valence-electron chi connectivity index (χ3n) is 3.10. The Kier molecular flexibility index (Phi) is 4.01. The molecule has 0 atom stereocenters. The normalized spacial score (nSPS) is 14.8. The van der Waals surface area contributed by atoms with Gasteiger partial charge in [-0.15, -0.1) is 0 Å². The van der Waals surface area contributed by atoms with Crippen LogP contribution < -0.4 is 10.6 Å². The first-order valence-electron chi connectivity index (χ1n) is 6.12.